The molecule has 0 atom stereocenters. The molecular weight excluding hydrogens is 196 g/mol. The van der Waals surface area contributed by atoms with Gasteiger partial charge in [0.15, 0.2) is 5.65 Å². The van der Waals surface area contributed by atoms with Gasteiger partial charge in [0, 0.05) is 6.20 Å². The fourth-order valence-corrected chi connectivity index (χ4v) is 1.52. The lowest BCUT2D eigenvalue weighted by Gasteiger charge is -2.04. The first-order valence-corrected chi connectivity index (χ1v) is 4.58. The van der Waals surface area contributed by atoms with Crippen LogP contribution in [0.3, 0.4) is 0 Å². The number of carboxylic acids is 1. The molecule has 2 aromatic heterocycles. The minimum absolute atomic E-state index is 0.176. The zero-order valence-electron chi connectivity index (χ0n) is 8.43. The molecule has 2 rings (SSSR count). The molecule has 0 aliphatic heterocycles. The van der Waals surface area contributed by atoms with Gasteiger partial charge in [-0.05, 0) is 13.3 Å². The van der Waals surface area contributed by atoms with Crippen molar-refractivity contribution in [2.45, 2.75) is 20.3 Å². The van der Waals surface area contributed by atoms with Crippen LogP contribution in [0.2, 0.25) is 0 Å². The molecule has 0 aliphatic rings. The summed E-state index contributed by atoms with van der Waals surface area (Å²) in [6.07, 6.45) is 1.93. The van der Waals surface area contributed by atoms with Gasteiger partial charge in [-0.2, -0.15) is 4.52 Å². The van der Waals surface area contributed by atoms with E-state index in [4.69, 9.17) is 5.11 Å². The van der Waals surface area contributed by atoms with Gasteiger partial charge in [0.05, 0.1) is 11.3 Å². The molecule has 6 heteroatoms. The maximum atomic E-state index is 10.9. The van der Waals surface area contributed by atoms with Crippen molar-refractivity contribution in [2.75, 3.05) is 0 Å². The highest BCUT2D eigenvalue weighted by molar-refractivity contribution is 5.88. The summed E-state index contributed by atoms with van der Waals surface area (Å²) >= 11 is 0. The van der Waals surface area contributed by atoms with Crippen molar-refractivity contribution in [1.82, 2.24) is 19.8 Å². The molecule has 1 N–H and O–H groups in total. The molecule has 0 aromatic carbocycles. The second-order valence-electron chi connectivity index (χ2n) is 3.19. The fourth-order valence-electron chi connectivity index (χ4n) is 1.52. The van der Waals surface area contributed by atoms with Crippen LogP contribution in [0.15, 0.2) is 6.20 Å². The third kappa shape index (κ3) is 1.34. The summed E-state index contributed by atoms with van der Waals surface area (Å²) in [7, 11) is 0. The molecule has 0 saturated carbocycles. The zero-order valence-corrected chi connectivity index (χ0v) is 8.43. The van der Waals surface area contributed by atoms with Crippen molar-refractivity contribution >= 4 is 11.6 Å². The topological polar surface area (TPSA) is 80.4 Å². The number of aromatic nitrogens is 4. The van der Waals surface area contributed by atoms with Gasteiger partial charge >= 0.3 is 5.97 Å². The third-order valence-corrected chi connectivity index (χ3v) is 2.26. The molecule has 6 nitrogen and oxygen atoms in total. The standard InChI is InChI=1S/C9H10N4O2/c1-3-7-6(9(14)15)4-10-8-5(2)11-12-13(7)8/h4H,3H2,1-2H3,(H,14,15). The molecule has 0 bridgehead atoms. The van der Waals surface area contributed by atoms with Crippen LogP contribution in [0.5, 0.6) is 0 Å². The van der Waals surface area contributed by atoms with Crippen LogP contribution in [0.25, 0.3) is 5.65 Å². The molecule has 0 spiro atoms. The minimum Gasteiger partial charge on any atom is -0.478 e. The largest absolute Gasteiger partial charge is 0.478 e. The Kier molecular flexibility index (Phi) is 2.11. The second-order valence-corrected chi connectivity index (χ2v) is 3.19. The zero-order chi connectivity index (χ0) is 11.0. The SMILES string of the molecule is CCc1c(C(=O)O)cnc2c(C)nnn12. The molecule has 0 aliphatic carbocycles. The van der Waals surface area contributed by atoms with Crippen LogP contribution in [0.4, 0.5) is 0 Å². The van der Waals surface area contributed by atoms with E-state index in [2.05, 4.69) is 15.3 Å². The first-order valence-electron chi connectivity index (χ1n) is 4.58. The molecule has 15 heavy (non-hydrogen) atoms. The lowest BCUT2D eigenvalue weighted by molar-refractivity contribution is 0.0694. The van der Waals surface area contributed by atoms with Gasteiger partial charge in [-0.3, -0.25) is 0 Å². The number of rotatable bonds is 2. The van der Waals surface area contributed by atoms with Crippen molar-refractivity contribution in [3.8, 4) is 0 Å². The number of carbonyl (C=O) groups is 1. The maximum absolute atomic E-state index is 10.9. The molecule has 0 unspecified atom stereocenters. The maximum Gasteiger partial charge on any atom is 0.339 e. The predicted octanol–water partition coefficient (Wildman–Crippen LogP) is 0.693. The van der Waals surface area contributed by atoms with Crippen LogP contribution < -0.4 is 0 Å². The highest BCUT2D eigenvalue weighted by Crippen LogP contribution is 2.12. The highest BCUT2D eigenvalue weighted by atomic mass is 16.4. The van der Waals surface area contributed by atoms with Crippen molar-refractivity contribution in [2.24, 2.45) is 0 Å². The fraction of sp³-hybridized carbons (Fsp3) is 0.333. The monoisotopic (exact) mass is 206 g/mol. The van der Waals surface area contributed by atoms with Crippen molar-refractivity contribution in [3.05, 3.63) is 23.1 Å². The number of hydrogen-bond acceptors (Lipinski definition) is 4. The Balaban J connectivity index is 2.82. The quantitative estimate of drug-likeness (QED) is 0.782. The highest BCUT2D eigenvalue weighted by Gasteiger charge is 2.15. The van der Waals surface area contributed by atoms with E-state index in [0.29, 0.717) is 23.5 Å². The van der Waals surface area contributed by atoms with Crippen LogP contribution >= 0.6 is 0 Å². The summed E-state index contributed by atoms with van der Waals surface area (Å²) in [5, 5.41) is 16.7. The van der Waals surface area contributed by atoms with Gasteiger partial charge in [0.2, 0.25) is 0 Å². The molecule has 0 radical (unpaired) electrons. The number of aryl methyl sites for hydroxylation is 2. The summed E-state index contributed by atoms with van der Waals surface area (Å²) in [6, 6.07) is 0. The first kappa shape index (κ1) is 9.57. The lowest BCUT2D eigenvalue weighted by atomic mass is 10.2. The normalized spacial score (nSPS) is 10.8. The van der Waals surface area contributed by atoms with E-state index in [1.807, 2.05) is 6.92 Å². The van der Waals surface area contributed by atoms with E-state index < -0.39 is 5.97 Å². The van der Waals surface area contributed by atoms with Crippen molar-refractivity contribution in [1.29, 1.82) is 0 Å². The van der Waals surface area contributed by atoms with Gasteiger partial charge in [-0.1, -0.05) is 12.1 Å². The van der Waals surface area contributed by atoms with Gasteiger partial charge in [0.1, 0.15) is 5.69 Å². The molecule has 0 amide bonds. The summed E-state index contributed by atoms with van der Waals surface area (Å²) in [5.41, 5.74) is 2.10. The van der Waals surface area contributed by atoms with Crippen LogP contribution in [0.1, 0.15) is 28.7 Å². The van der Waals surface area contributed by atoms with Gasteiger partial charge in [0.25, 0.3) is 0 Å². The molecular formula is C9H10N4O2. The first-order chi connectivity index (χ1) is 7.15. The average Bonchev–Trinajstić information content (AvgIpc) is 2.59. The van der Waals surface area contributed by atoms with Crippen LogP contribution in [-0.4, -0.2) is 30.9 Å². The van der Waals surface area contributed by atoms with Crippen LogP contribution in [0, 0.1) is 6.92 Å². The summed E-state index contributed by atoms with van der Waals surface area (Å²) in [6.45, 7) is 3.66. The number of hydrogen-bond donors (Lipinski definition) is 1. The van der Waals surface area contributed by atoms with Crippen molar-refractivity contribution in [3.63, 3.8) is 0 Å². The van der Waals surface area contributed by atoms with E-state index in [1.165, 1.54) is 10.7 Å². The number of fused-ring (bicyclic) bond motifs is 1. The lowest BCUT2D eigenvalue weighted by Crippen LogP contribution is -2.09. The Hall–Kier alpha value is -1.98. The smallest absolute Gasteiger partial charge is 0.339 e. The Morgan fingerprint density at radius 3 is 2.93 bits per heavy atom. The van der Waals surface area contributed by atoms with E-state index in [0.717, 1.165) is 0 Å². The Bertz CT molecular complexity index is 532. The molecule has 0 saturated heterocycles. The van der Waals surface area contributed by atoms with Gasteiger partial charge < -0.3 is 5.11 Å². The second kappa shape index (κ2) is 3.30. The van der Waals surface area contributed by atoms with Gasteiger partial charge in [-0.15, -0.1) is 5.10 Å². The molecule has 2 heterocycles. The molecule has 78 valence electrons. The predicted molar refractivity (Wildman–Crippen MR) is 51.9 cm³/mol. The number of nitrogens with zero attached hydrogens (tertiary/aromatic N) is 4. The van der Waals surface area contributed by atoms with Crippen LogP contribution in [-0.2, 0) is 6.42 Å². The van der Waals surface area contributed by atoms with E-state index >= 15 is 0 Å². The summed E-state index contributed by atoms with van der Waals surface area (Å²) in [4.78, 5) is 15.0. The van der Waals surface area contributed by atoms with E-state index in [9.17, 15) is 4.79 Å². The number of carboxylic acid groups (broad SMARTS) is 1. The Labute approximate surface area is 85.6 Å². The Morgan fingerprint density at radius 2 is 2.33 bits per heavy atom. The minimum atomic E-state index is -0.991. The summed E-state index contributed by atoms with van der Waals surface area (Å²) < 4.78 is 1.48. The number of aromatic carboxylic acids is 1. The van der Waals surface area contributed by atoms with Gasteiger partial charge in [-0.25, -0.2) is 9.78 Å². The average molecular weight is 206 g/mol. The summed E-state index contributed by atoms with van der Waals surface area (Å²) in [5.74, 6) is -0.991. The van der Waals surface area contributed by atoms with E-state index in [-0.39, 0.29) is 5.56 Å². The third-order valence-electron chi connectivity index (χ3n) is 2.26. The molecule has 0 fully saturated rings. The van der Waals surface area contributed by atoms with E-state index in [1.54, 1.807) is 6.92 Å². The Morgan fingerprint density at radius 1 is 1.60 bits per heavy atom. The molecule has 2 aromatic rings. The van der Waals surface area contributed by atoms with Crippen molar-refractivity contribution < 1.29 is 9.90 Å².